The van der Waals surface area contributed by atoms with Gasteiger partial charge in [0.1, 0.15) is 10.4 Å². The Labute approximate surface area is 137 Å². The van der Waals surface area contributed by atoms with Gasteiger partial charge in [0.25, 0.3) is 0 Å². The van der Waals surface area contributed by atoms with Crippen LogP contribution in [-0.2, 0) is 0 Å². The minimum atomic E-state index is -4.31. The van der Waals surface area contributed by atoms with Gasteiger partial charge in [-0.05, 0) is 66.4 Å². The van der Waals surface area contributed by atoms with Gasteiger partial charge in [0.2, 0.25) is 5.89 Å². The van der Waals surface area contributed by atoms with Crippen LogP contribution in [0.25, 0.3) is 21.9 Å². The molecule has 2 heterocycles. The van der Waals surface area contributed by atoms with E-state index < -0.39 is 5.51 Å². The van der Waals surface area contributed by atoms with E-state index in [1.807, 2.05) is 11.4 Å². The molecule has 0 unspecified atom stereocenters. The number of rotatable bonds is 3. The number of hydrogen-bond acceptors (Lipinski definition) is 5. The Balaban J connectivity index is 2.01. The lowest BCUT2D eigenvalue weighted by Crippen LogP contribution is -1.98. The lowest BCUT2D eigenvalue weighted by Gasteiger charge is -2.04. The second kappa shape index (κ2) is 5.86. The van der Waals surface area contributed by atoms with Crippen LogP contribution in [0.5, 0.6) is 0 Å². The van der Waals surface area contributed by atoms with Crippen LogP contribution >= 0.6 is 48.1 Å². The zero-order chi connectivity index (χ0) is 15.0. The first-order valence-electron chi connectivity index (χ1n) is 5.49. The molecule has 0 aliphatic rings. The summed E-state index contributed by atoms with van der Waals surface area (Å²) in [7, 11) is 1.39. The first-order chi connectivity index (χ1) is 9.96. The van der Waals surface area contributed by atoms with Crippen molar-refractivity contribution in [1.82, 2.24) is 4.98 Å². The van der Waals surface area contributed by atoms with Gasteiger partial charge in [-0.15, -0.1) is 11.3 Å². The largest absolute Gasteiger partial charge is 0.446 e. The highest BCUT2D eigenvalue weighted by atomic mass is 79.9. The predicted molar refractivity (Wildman–Crippen MR) is 84.0 cm³/mol. The number of alkyl halides is 3. The number of thiophene rings is 1. The van der Waals surface area contributed by atoms with Crippen molar-refractivity contribution in [1.29, 1.82) is 0 Å². The van der Waals surface area contributed by atoms with E-state index in [1.165, 1.54) is 39.7 Å². The summed E-state index contributed by atoms with van der Waals surface area (Å²) in [5.41, 5.74) is -3.43. The summed E-state index contributed by atoms with van der Waals surface area (Å²) in [5.74, 6) is 0.413. The summed E-state index contributed by atoms with van der Waals surface area (Å²) in [6.07, 6.45) is 0. The van der Waals surface area contributed by atoms with Gasteiger partial charge in [-0.2, -0.15) is 13.2 Å². The molecule has 0 aliphatic heterocycles. The standard InChI is InChI=1S/C12H5BrF3NOS3/c13-21-9-3-4-19-10(9)11-17-7-5-6(20-12(14,15)16)1-2-8(7)18-11/h1-5H. The maximum Gasteiger partial charge on any atom is 0.446 e. The normalized spacial score (nSPS) is 12.2. The second-order valence-corrected chi connectivity index (χ2v) is 7.51. The van der Waals surface area contributed by atoms with Crippen molar-refractivity contribution in [2.24, 2.45) is 0 Å². The topological polar surface area (TPSA) is 26.0 Å². The molecule has 0 saturated heterocycles. The lowest BCUT2D eigenvalue weighted by atomic mass is 10.3. The molecular weight excluding hydrogens is 407 g/mol. The second-order valence-electron chi connectivity index (χ2n) is 3.89. The zero-order valence-electron chi connectivity index (χ0n) is 9.98. The molecule has 1 aromatic carbocycles. The van der Waals surface area contributed by atoms with E-state index in [0.29, 0.717) is 17.0 Å². The number of halogens is 4. The Hall–Kier alpha value is -0.640. The molecule has 0 fully saturated rings. The molecule has 0 radical (unpaired) electrons. The maximum absolute atomic E-state index is 12.4. The van der Waals surface area contributed by atoms with Crippen molar-refractivity contribution in [3.05, 3.63) is 29.6 Å². The van der Waals surface area contributed by atoms with Crippen LogP contribution in [0.15, 0.2) is 43.9 Å². The monoisotopic (exact) mass is 411 g/mol. The molecule has 0 spiro atoms. The highest BCUT2D eigenvalue weighted by Crippen LogP contribution is 2.41. The van der Waals surface area contributed by atoms with Crippen LogP contribution in [0.4, 0.5) is 13.2 Å². The molecular formula is C12H5BrF3NOS3. The van der Waals surface area contributed by atoms with Crippen LogP contribution in [0, 0.1) is 0 Å². The number of benzene rings is 1. The molecule has 0 saturated carbocycles. The van der Waals surface area contributed by atoms with Gasteiger partial charge in [-0.1, -0.05) is 0 Å². The number of fused-ring (bicyclic) bond motifs is 1. The average Bonchev–Trinajstić information content (AvgIpc) is 3.01. The molecule has 0 bridgehead atoms. The molecule has 0 aliphatic carbocycles. The van der Waals surface area contributed by atoms with Crippen LogP contribution < -0.4 is 0 Å². The Bertz CT molecular complexity index is 783. The predicted octanol–water partition coefficient (Wildman–Crippen LogP) is 6.57. The van der Waals surface area contributed by atoms with E-state index >= 15 is 0 Å². The summed E-state index contributed by atoms with van der Waals surface area (Å²) in [6.45, 7) is 0. The summed E-state index contributed by atoms with van der Waals surface area (Å²) in [6, 6.07) is 6.19. The lowest BCUT2D eigenvalue weighted by molar-refractivity contribution is -0.0328. The third-order valence-corrected chi connectivity index (χ3v) is 5.80. The quantitative estimate of drug-likeness (QED) is 0.455. The van der Waals surface area contributed by atoms with Crippen LogP contribution in [-0.4, -0.2) is 10.5 Å². The molecule has 3 rings (SSSR count). The third-order valence-electron chi connectivity index (χ3n) is 2.50. The summed E-state index contributed by atoms with van der Waals surface area (Å²) < 4.78 is 42.8. The third kappa shape index (κ3) is 3.41. The summed E-state index contributed by atoms with van der Waals surface area (Å²) in [5, 5.41) is 1.90. The summed E-state index contributed by atoms with van der Waals surface area (Å²) in [4.78, 5) is 6.18. The van der Waals surface area contributed by atoms with E-state index in [4.69, 9.17) is 4.42 Å². The Morgan fingerprint density at radius 1 is 1.24 bits per heavy atom. The fourth-order valence-electron chi connectivity index (χ4n) is 1.72. The van der Waals surface area contributed by atoms with Crippen molar-refractivity contribution in [2.75, 3.05) is 0 Å². The smallest absolute Gasteiger partial charge is 0.435 e. The van der Waals surface area contributed by atoms with Gasteiger partial charge in [0.15, 0.2) is 5.58 Å². The molecule has 0 amide bonds. The molecule has 2 nitrogen and oxygen atoms in total. The Kier molecular flexibility index (Phi) is 4.26. The van der Waals surface area contributed by atoms with E-state index in [9.17, 15) is 13.2 Å². The van der Waals surface area contributed by atoms with Crippen molar-refractivity contribution in [3.8, 4) is 10.8 Å². The number of aromatic nitrogens is 1. The van der Waals surface area contributed by atoms with Gasteiger partial charge in [-0.3, -0.25) is 0 Å². The number of oxazole rings is 1. The molecule has 9 heteroatoms. The van der Waals surface area contributed by atoms with Gasteiger partial charge in [0, 0.05) is 9.79 Å². The summed E-state index contributed by atoms with van der Waals surface area (Å²) >= 11 is 4.60. The molecule has 0 N–H and O–H groups in total. The Morgan fingerprint density at radius 2 is 2.05 bits per heavy atom. The molecule has 0 atom stereocenters. The fourth-order valence-corrected chi connectivity index (χ4v) is 4.77. The van der Waals surface area contributed by atoms with Crippen molar-refractivity contribution in [2.45, 2.75) is 15.3 Å². The number of nitrogens with zero attached hydrogens (tertiary/aromatic N) is 1. The SMILES string of the molecule is FC(F)(F)Sc1ccc2oc(-c3sccc3SBr)nc2c1. The van der Waals surface area contributed by atoms with E-state index in [1.54, 1.807) is 0 Å². The van der Waals surface area contributed by atoms with Crippen molar-refractivity contribution < 1.29 is 17.6 Å². The molecule has 21 heavy (non-hydrogen) atoms. The van der Waals surface area contributed by atoms with E-state index in [2.05, 4.69) is 19.8 Å². The van der Waals surface area contributed by atoms with Gasteiger partial charge >= 0.3 is 5.51 Å². The van der Waals surface area contributed by atoms with E-state index in [-0.39, 0.29) is 16.7 Å². The average molecular weight is 412 g/mol. The van der Waals surface area contributed by atoms with Crippen molar-refractivity contribution in [3.63, 3.8) is 0 Å². The first kappa shape index (κ1) is 15.3. The highest BCUT2D eigenvalue weighted by Gasteiger charge is 2.29. The van der Waals surface area contributed by atoms with E-state index in [0.717, 1.165) is 9.77 Å². The molecule has 110 valence electrons. The minimum Gasteiger partial charge on any atom is -0.435 e. The van der Waals surface area contributed by atoms with Crippen LogP contribution in [0.1, 0.15) is 0 Å². The number of hydrogen-bond donors (Lipinski definition) is 0. The van der Waals surface area contributed by atoms with Gasteiger partial charge < -0.3 is 4.42 Å². The van der Waals surface area contributed by atoms with Gasteiger partial charge in [-0.25, -0.2) is 4.98 Å². The fraction of sp³-hybridized carbons (Fsp3) is 0.0833. The minimum absolute atomic E-state index is 0.0936. The van der Waals surface area contributed by atoms with Crippen LogP contribution in [0.3, 0.4) is 0 Å². The van der Waals surface area contributed by atoms with Crippen LogP contribution in [0.2, 0.25) is 0 Å². The molecule has 2 aromatic heterocycles. The molecule has 3 aromatic rings. The van der Waals surface area contributed by atoms with Gasteiger partial charge in [0.05, 0.1) is 0 Å². The van der Waals surface area contributed by atoms with Crippen molar-refractivity contribution >= 4 is 59.2 Å². The highest BCUT2D eigenvalue weighted by molar-refractivity contribution is 9.50. The Morgan fingerprint density at radius 3 is 2.76 bits per heavy atom. The zero-order valence-corrected chi connectivity index (χ0v) is 14.0. The number of thioether (sulfide) groups is 1. The first-order valence-corrected chi connectivity index (χ1v) is 9.84. The maximum atomic E-state index is 12.4.